The molecule has 0 bridgehead atoms. The van der Waals surface area contributed by atoms with Gasteiger partial charge in [0.05, 0.1) is 5.92 Å². The molecule has 1 heterocycles. The van der Waals surface area contributed by atoms with Crippen molar-refractivity contribution in [3.8, 4) is 11.5 Å². The molecule has 1 atom stereocenters. The first-order chi connectivity index (χ1) is 16.1. The van der Waals surface area contributed by atoms with E-state index in [0.717, 1.165) is 30.6 Å². The van der Waals surface area contributed by atoms with Crippen molar-refractivity contribution >= 4 is 11.8 Å². The highest BCUT2D eigenvalue weighted by atomic mass is 16.5. The Hall–Kier alpha value is -3.60. The van der Waals surface area contributed by atoms with Gasteiger partial charge in [-0.05, 0) is 55.2 Å². The van der Waals surface area contributed by atoms with Crippen molar-refractivity contribution in [3.05, 3.63) is 96.1 Å². The Kier molecular flexibility index (Phi) is 7.40. The number of nitrogens with zero attached hydrogens (tertiary/aromatic N) is 1. The van der Waals surface area contributed by atoms with Crippen LogP contribution in [0.15, 0.2) is 84.9 Å². The van der Waals surface area contributed by atoms with Crippen LogP contribution in [0, 0.1) is 0 Å². The predicted octanol–water partition coefficient (Wildman–Crippen LogP) is 5.39. The van der Waals surface area contributed by atoms with Crippen molar-refractivity contribution in [1.29, 1.82) is 0 Å². The molecule has 3 aromatic carbocycles. The molecule has 170 valence electrons. The molecule has 4 rings (SSSR count). The third-order valence-electron chi connectivity index (χ3n) is 6.13. The number of nitrogens with one attached hydrogen (secondary N) is 1. The quantitative estimate of drug-likeness (QED) is 0.533. The first-order valence-corrected chi connectivity index (χ1v) is 11.6. The topological polar surface area (TPSA) is 58.6 Å². The molecule has 1 N–H and O–H groups in total. The van der Waals surface area contributed by atoms with Crippen LogP contribution in [-0.2, 0) is 4.79 Å². The Balaban J connectivity index is 1.31. The zero-order valence-electron chi connectivity index (χ0n) is 18.9. The summed E-state index contributed by atoms with van der Waals surface area (Å²) in [5.74, 6) is 1.31. The van der Waals surface area contributed by atoms with E-state index >= 15 is 0 Å². The molecule has 33 heavy (non-hydrogen) atoms. The normalized spacial score (nSPS) is 15.0. The fraction of sp³-hybridized carbons (Fsp3) is 0.286. The fourth-order valence-corrected chi connectivity index (χ4v) is 4.30. The fourth-order valence-electron chi connectivity index (χ4n) is 4.30. The van der Waals surface area contributed by atoms with Crippen LogP contribution >= 0.6 is 0 Å². The number of hydrogen-bond acceptors (Lipinski definition) is 3. The molecule has 0 aliphatic carbocycles. The van der Waals surface area contributed by atoms with Gasteiger partial charge in [0.2, 0.25) is 5.91 Å². The van der Waals surface area contributed by atoms with E-state index in [1.807, 2.05) is 77.7 Å². The van der Waals surface area contributed by atoms with Gasteiger partial charge < -0.3 is 15.0 Å². The lowest BCUT2D eigenvalue weighted by Gasteiger charge is -2.34. The first-order valence-electron chi connectivity index (χ1n) is 11.6. The van der Waals surface area contributed by atoms with Gasteiger partial charge in [-0.2, -0.15) is 0 Å². The summed E-state index contributed by atoms with van der Waals surface area (Å²) in [6, 6.07) is 26.7. The zero-order valence-corrected chi connectivity index (χ0v) is 18.9. The summed E-state index contributed by atoms with van der Waals surface area (Å²) in [5.41, 5.74) is 1.63. The highest BCUT2D eigenvalue weighted by Gasteiger charge is 2.29. The summed E-state index contributed by atoms with van der Waals surface area (Å²) < 4.78 is 5.84. The number of carbonyl (C=O) groups excluding carboxylic acids is 2. The highest BCUT2D eigenvalue weighted by molar-refractivity contribution is 5.94. The van der Waals surface area contributed by atoms with Gasteiger partial charge in [0, 0.05) is 24.7 Å². The summed E-state index contributed by atoms with van der Waals surface area (Å²) in [7, 11) is 0. The van der Waals surface area contributed by atoms with Crippen LogP contribution in [0.2, 0.25) is 0 Å². The largest absolute Gasteiger partial charge is 0.457 e. The average Bonchev–Trinajstić information content (AvgIpc) is 2.86. The minimum absolute atomic E-state index is 0.0528. The molecule has 0 spiro atoms. The predicted molar refractivity (Wildman–Crippen MR) is 130 cm³/mol. The van der Waals surface area contributed by atoms with Crippen molar-refractivity contribution in [2.75, 3.05) is 13.1 Å². The number of piperidine rings is 1. The van der Waals surface area contributed by atoms with Crippen molar-refractivity contribution in [2.45, 2.75) is 38.1 Å². The first kappa shape index (κ1) is 22.6. The molecule has 5 heteroatoms. The zero-order chi connectivity index (χ0) is 23.0. The van der Waals surface area contributed by atoms with E-state index in [1.165, 1.54) is 0 Å². The number of rotatable bonds is 7. The number of carbonyl (C=O) groups is 2. The van der Waals surface area contributed by atoms with Crippen LogP contribution in [0.3, 0.4) is 0 Å². The van der Waals surface area contributed by atoms with Crippen LogP contribution < -0.4 is 10.1 Å². The lowest BCUT2D eigenvalue weighted by atomic mass is 9.93. The van der Waals surface area contributed by atoms with Gasteiger partial charge in [0.25, 0.3) is 5.91 Å². The third-order valence-corrected chi connectivity index (χ3v) is 6.13. The Labute approximate surface area is 195 Å². The van der Waals surface area contributed by atoms with Gasteiger partial charge in [-0.15, -0.1) is 0 Å². The number of benzene rings is 3. The Bertz CT molecular complexity index is 1060. The Morgan fingerprint density at radius 2 is 1.55 bits per heavy atom. The van der Waals surface area contributed by atoms with E-state index in [-0.39, 0.29) is 23.8 Å². The summed E-state index contributed by atoms with van der Waals surface area (Å²) in [6.45, 7) is 3.37. The molecule has 1 saturated heterocycles. The second-order valence-corrected chi connectivity index (χ2v) is 8.39. The van der Waals surface area contributed by atoms with Gasteiger partial charge in [-0.1, -0.05) is 61.5 Å². The second-order valence-electron chi connectivity index (χ2n) is 8.39. The molecule has 1 aliphatic heterocycles. The maximum Gasteiger partial charge on any atom is 0.251 e. The Morgan fingerprint density at radius 3 is 2.21 bits per heavy atom. The molecule has 1 aliphatic rings. The lowest BCUT2D eigenvalue weighted by Crippen LogP contribution is -2.47. The highest BCUT2D eigenvalue weighted by Crippen LogP contribution is 2.25. The van der Waals surface area contributed by atoms with Crippen molar-refractivity contribution < 1.29 is 14.3 Å². The van der Waals surface area contributed by atoms with Gasteiger partial charge in [-0.3, -0.25) is 9.59 Å². The molecule has 0 radical (unpaired) electrons. The number of ether oxygens (including phenoxy) is 1. The molecule has 5 nitrogen and oxygen atoms in total. The van der Waals surface area contributed by atoms with E-state index in [1.54, 1.807) is 12.1 Å². The average molecular weight is 443 g/mol. The minimum atomic E-state index is -0.117. The number of amides is 2. The SMILES string of the molecule is CCC(C(=O)N1CCC(NC(=O)c2cccc(Oc3ccccc3)c2)CC1)c1ccccc1. The van der Waals surface area contributed by atoms with Crippen LogP contribution in [0.4, 0.5) is 0 Å². The number of hydrogen-bond donors (Lipinski definition) is 1. The Morgan fingerprint density at radius 1 is 0.909 bits per heavy atom. The lowest BCUT2D eigenvalue weighted by molar-refractivity contribution is -0.134. The van der Waals surface area contributed by atoms with Gasteiger partial charge >= 0.3 is 0 Å². The van der Waals surface area contributed by atoms with Crippen LogP contribution in [0.1, 0.15) is 48.0 Å². The molecule has 1 unspecified atom stereocenters. The molecule has 3 aromatic rings. The second kappa shape index (κ2) is 10.8. The number of likely N-dealkylation sites (tertiary alicyclic amines) is 1. The molecule has 0 saturated carbocycles. The summed E-state index contributed by atoms with van der Waals surface area (Å²) >= 11 is 0. The summed E-state index contributed by atoms with van der Waals surface area (Å²) in [4.78, 5) is 27.9. The van der Waals surface area contributed by atoms with Gasteiger partial charge in [-0.25, -0.2) is 0 Å². The summed E-state index contributed by atoms with van der Waals surface area (Å²) in [5, 5.41) is 3.13. The van der Waals surface area contributed by atoms with Crippen LogP contribution in [0.25, 0.3) is 0 Å². The molecular formula is C28H30N2O3. The molecule has 0 aromatic heterocycles. The molecule has 2 amide bonds. The standard InChI is InChI=1S/C28H30N2O3/c1-2-26(21-10-5-3-6-11-21)28(32)30-18-16-23(17-19-30)29-27(31)22-12-9-15-25(20-22)33-24-13-7-4-8-14-24/h3-15,20,23,26H,2,16-19H2,1H3,(H,29,31). The van der Waals surface area contributed by atoms with E-state index in [0.29, 0.717) is 24.4 Å². The van der Waals surface area contributed by atoms with E-state index in [2.05, 4.69) is 12.2 Å². The van der Waals surface area contributed by atoms with E-state index in [9.17, 15) is 9.59 Å². The molecular weight excluding hydrogens is 412 g/mol. The smallest absolute Gasteiger partial charge is 0.251 e. The number of para-hydroxylation sites is 1. The summed E-state index contributed by atoms with van der Waals surface area (Å²) in [6.07, 6.45) is 2.28. The van der Waals surface area contributed by atoms with E-state index < -0.39 is 0 Å². The van der Waals surface area contributed by atoms with Crippen molar-refractivity contribution in [1.82, 2.24) is 10.2 Å². The van der Waals surface area contributed by atoms with Crippen LogP contribution in [-0.4, -0.2) is 35.8 Å². The van der Waals surface area contributed by atoms with Crippen LogP contribution in [0.5, 0.6) is 11.5 Å². The van der Waals surface area contributed by atoms with Crippen molar-refractivity contribution in [3.63, 3.8) is 0 Å². The minimum Gasteiger partial charge on any atom is -0.457 e. The van der Waals surface area contributed by atoms with Gasteiger partial charge in [0.15, 0.2) is 0 Å². The molecule has 1 fully saturated rings. The van der Waals surface area contributed by atoms with Gasteiger partial charge in [0.1, 0.15) is 11.5 Å². The maximum absolute atomic E-state index is 13.1. The maximum atomic E-state index is 13.1. The van der Waals surface area contributed by atoms with E-state index in [4.69, 9.17) is 4.74 Å². The third kappa shape index (κ3) is 5.80. The monoisotopic (exact) mass is 442 g/mol. The van der Waals surface area contributed by atoms with Crippen molar-refractivity contribution in [2.24, 2.45) is 0 Å².